The number of nitrogens with two attached hydrogens (primary N) is 1. The van der Waals surface area contributed by atoms with Gasteiger partial charge in [0, 0.05) is 11.1 Å². The highest BCUT2D eigenvalue weighted by atomic mass is 35.5. The van der Waals surface area contributed by atoms with Crippen LogP contribution in [0.1, 0.15) is 62.9 Å². The number of aromatic nitrogens is 2. The van der Waals surface area contributed by atoms with E-state index in [-0.39, 0.29) is 6.04 Å². The predicted octanol–water partition coefficient (Wildman–Crippen LogP) is 4.60. The standard InChI is InChI=1S/C17H22ClN3/c18-12-6-9-14-15(10-12)21(13-7-8-13)17(20-14)16(19)11-4-2-1-3-5-11/h6,9-11,13,16H,1-5,7-8,19H2. The van der Waals surface area contributed by atoms with Gasteiger partial charge in [0.05, 0.1) is 17.1 Å². The van der Waals surface area contributed by atoms with Crippen LogP contribution in [0, 0.1) is 5.92 Å². The van der Waals surface area contributed by atoms with E-state index in [4.69, 9.17) is 22.3 Å². The summed E-state index contributed by atoms with van der Waals surface area (Å²) in [4.78, 5) is 4.87. The largest absolute Gasteiger partial charge is 0.323 e. The molecule has 21 heavy (non-hydrogen) atoms. The maximum atomic E-state index is 6.62. The second-order valence-electron chi connectivity index (χ2n) is 6.63. The number of benzene rings is 1. The van der Waals surface area contributed by atoms with E-state index in [0.29, 0.717) is 12.0 Å². The summed E-state index contributed by atoms with van der Waals surface area (Å²) in [6.45, 7) is 0. The molecule has 1 aromatic heterocycles. The molecule has 1 unspecified atom stereocenters. The maximum Gasteiger partial charge on any atom is 0.127 e. The van der Waals surface area contributed by atoms with Crippen LogP contribution in [0.25, 0.3) is 11.0 Å². The summed E-state index contributed by atoms with van der Waals surface area (Å²) < 4.78 is 2.38. The molecule has 0 amide bonds. The van der Waals surface area contributed by atoms with Crippen molar-refractivity contribution in [3.05, 3.63) is 29.0 Å². The summed E-state index contributed by atoms with van der Waals surface area (Å²) in [5.74, 6) is 1.67. The van der Waals surface area contributed by atoms with Gasteiger partial charge in [-0.05, 0) is 49.8 Å². The zero-order valence-corrected chi connectivity index (χ0v) is 13.0. The first-order valence-corrected chi connectivity index (χ1v) is 8.55. The van der Waals surface area contributed by atoms with E-state index in [1.165, 1.54) is 44.9 Å². The van der Waals surface area contributed by atoms with Crippen molar-refractivity contribution in [2.24, 2.45) is 11.7 Å². The van der Waals surface area contributed by atoms with Gasteiger partial charge in [0.15, 0.2) is 0 Å². The molecule has 2 aromatic rings. The third-order valence-electron chi connectivity index (χ3n) is 5.05. The average Bonchev–Trinajstić information content (AvgIpc) is 3.28. The van der Waals surface area contributed by atoms with E-state index >= 15 is 0 Å². The molecule has 0 saturated heterocycles. The van der Waals surface area contributed by atoms with Crippen LogP contribution in [0.4, 0.5) is 0 Å². The van der Waals surface area contributed by atoms with E-state index in [1.807, 2.05) is 18.2 Å². The van der Waals surface area contributed by atoms with Crippen molar-refractivity contribution in [2.75, 3.05) is 0 Å². The van der Waals surface area contributed by atoms with Crippen molar-refractivity contribution in [2.45, 2.75) is 57.0 Å². The van der Waals surface area contributed by atoms with Gasteiger partial charge in [-0.3, -0.25) is 0 Å². The molecular formula is C17H22ClN3. The van der Waals surface area contributed by atoms with Crippen molar-refractivity contribution >= 4 is 22.6 Å². The summed E-state index contributed by atoms with van der Waals surface area (Å²) in [7, 11) is 0. The lowest BCUT2D eigenvalue weighted by Gasteiger charge is -2.27. The maximum absolute atomic E-state index is 6.62. The Hall–Kier alpha value is -1.06. The molecule has 0 bridgehead atoms. The fraction of sp³-hybridized carbons (Fsp3) is 0.588. The molecule has 1 atom stereocenters. The summed E-state index contributed by atoms with van der Waals surface area (Å²) in [5.41, 5.74) is 8.82. The zero-order chi connectivity index (χ0) is 14.4. The molecule has 0 spiro atoms. The molecule has 0 radical (unpaired) electrons. The lowest BCUT2D eigenvalue weighted by atomic mass is 9.84. The Labute approximate surface area is 130 Å². The number of hydrogen-bond donors (Lipinski definition) is 1. The Balaban J connectivity index is 1.78. The summed E-state index contributed by atoms with van der Waals surface area (Å²) in [6, 6.07) is 6.63. The van der Waals surface area contributed by atoms with Crippen molar-refractivity contribution in [1.29, 1.82) is 0 Å². The van der Waals surface area contributed by atoms with Gasteiger partial charge in [-0.15, -0.1) is 0 Å². The Morgan fingerprint density at radius 3 is 2.62 bits per heavy atom. The van der Waals surface area contributed by atoms with Gasteiger partial charge >= 0.3 is 0 Å². The average molecular weight is 304 g/mol. The van der Waals surface area contributed by atoms with Crippen LogP contribution in [-0.2, 0) is 0 Å². The lowest BCUT2D eigenvalue weighted by molar-refractivity contribution is 0.296. The van der Waals surface area contributed by atoms with Crippen molar-refractivity contribution in [3.63, 3.8) is 0 Å². The third kappa shape index (κ3) is 2.47. The SMILES string of the molecule is NC(c1nc2ccc(Cl)cc2n1C1CC1)C1CCCCC1. The van der Waals surface area contributed by atoms with Gasteiger partial charge in [-0.1, -0.05) is 30.9 Å². The quantitative estimate of drug-likeness (QED) is 0.900. The molecule has 3 nitrogen and oxygen atoms in total. The molecule has 2 saturated carbocycles. The molecule has 112 valence electrons. The molecule has 2 fully saturated rings. The predicted molar refractivity (Wildman–Crippen MR) is 86.5 cm³/mol. The van der Waals surface area contributed by atoms with Gasteiger partial charge in [0.25, 0.3) is 0 Å². The molecule has 1 heterocycles. The Kier molecular flexibility index (Phi) is 3.43. The zero-order valence-electron chi connectivity index (χ0n) is 12.3. The smallest absolute Gasteiger partial charge is 0.127 e. The van der Waals surface area contributed by atoms with Gasteiger partial charge in [-0.2, -0.15) is 0 Å². The minimum Gasteiger partial charge on any atom is -0.323 e. The Bertz CT molecular complexity index is 653. The summed E-state index contributed by atoms with van der Waals surface area (Å²) in [5, 5.41) is 0.780. The highest BCUT2D eigenvalue weighted by molar-refractivity contribution is 6.31. The fourth-order valence-electron chi connectivity index (χ4n) is 3.74. The number of imidazole rings is 1. The number of fused-ring (bicyclic) bond motifs is 1. The first kappa shape index (κ1) is 13.6. The molecule has 4 heteroatoms. The number of halogens is 1. The van der Waals surface area contributed by atoms with Crippen LogP contribution in [0.5, 0.6) is 0 Å². The molecule has 2 N–H and O–H groups in total. The first-order chi connectivity index (χ1) is 10.2. The first-order valence-electron chi connectivity index (χ1n) is 8.17. The Morgan fingerprint density at radius 1 is 1.14 bits per heavy atom. The minimum atomic E-state index is 0.0667. The molecular weight excluding hydrogens is 282 g/mol. The summed E-state index contributed by atoms with van der Waals surface area (Å²) >= 11 is 6.18. The van der Waals surface area contributed by atoms with Gasteiger partial charge in [0.1, 0.15) is 5.82 Å². The van der Waals surface area contributed by atoms with Crippen molar-refractivity contribution in [3.8, 4) is 0 Å². The highest BCUT2D eigenvalue weighted by Gasteiger charge is 2.33. The van der Waals surface area contributed by atoms with E-state index in [1.54, 1.807) is 0 Å². The van der Waals surface area contributed by atoms with Gasteiger partial charge < -0.3 is 10.3 Å². The van der Waals surface area contributed by atoms with E-state index in [2.05, 4.69) is 4.57 Å². The second kappa shape index (κ2) is 5.29. The molecule has 1 aromatic carbocycles. The number of nitrogens with zero attached hydrogens (tertiary/aromatic N) is 2. The molecule has 2 aliphatic rings. The van der Waals surface area contributed by atoms with E-state index in [0.717, 1.165) is 21.9 Å². The monoisotopic (exact) mass is 303 g/mol. The third-order valence-corrected chi connectivity index (χ3v) is 5.28. The van der Waals surface area contributed by atoms with Crippen LogP contribution in [0.2, 0.25) is 5.02 Å². The number of hydrogen-bond acceptors (Lipinski definition) is 2. The second-order valence-corrected chi connectivity index (χ2v) is 7.06. The fourth-order valence-corrected chi connectivity index (χ4v) is 3.91. The van der Waals surface area contributed by atoms with E-state index in [9.17, 15) is 0 Å². The molecule has 0 aliphatic heterocycles. The van der Waals surface area contributed by atoms with Gasteiger partial charge in [0.2, 0.25) is 0 Å². The minimum absolute atomic E-state index is 0.0667. The van der Waals surface area contributed by atoms with E-state index < -0.39 is 0 Å². The molecule has 4 rings (SSSR count). The van der Waals surface area contributed by atoms with Crippen LogP contribution >= 0.6 is 11.6 Å². The normalized spacial score (nSPS) is 21.8. The summed E-state index contributed by atoms with van der Waals surface area (Å²) in [6.07, 6.45) is 8.95. The van der Waals surface area contributed by atoms with Gasteiger partial charge in [-0.25, -0.2) is 4.98 Å². The Morgan fingerprint density at radius 2 is 1.90 bits per heavy atom. The molecule has 2 aliphatic carbocycles. The topological polar surface area (TPSA) is 43.8 Å². The van der Waals surface area contributed by atoms with Crippen LogP contribution in [0.15, 0.2) is 18.2 Å². The van der Waals surface area contributed by atoms with Crippen molar-refractivity contribution in [1.82, 2.24) is 9.55 Å². The number of rotatable bonds is 3. The highest BCUT2D eigenvalue weighted by Crippen LogP contribution is 2.42. The van der Waals surface area contributed by atoms with Crippen LogP contribution < -0.4 is 5.73 Å². The van der Waals surface area contributed by atoms with Crippen molar-refractivity contribution < 1.29 is 0 Å². The lowest BCUT2D eigenvalue weighted by Crippen LogP contribution is -2.26. The van der Waals surface area contributed by atoms with Crippen LogP contribution in [0.3, 0.4) is 0 Å². The van der Waals surface area contributed by atoms with Crippen LogP contribution in [-0.4, -0.2) is 9.55 Å².